The number of aliphatic carboxylic acids is 1. The van der Waals surface area contributed by atoms with Crippen LogP contribution < -0.4 is 0 Å². The number of ketones is 1. The van der Waals surface area contributed by atoms with E-state index in [1.54, 1.807) is 0 Å². The molecule has 0 amide bonds. The highest BCUT2D eigenvalue weighted by Gasteiger charge is 2.29. The maximum atomic E-state index is 11.6. The van der Waals surface area contributed by atoms with E-state index in [9.17, 15) is 9.59 Å². The van der Waals surface area contributed by atoms with Crippen LogP contribution in [0.2, 0.25) is 0 Å². The summed E-state index contributed by atoms with van der Waals surface area (Å²) in [7, 11) is 0. The zero-order chi connectivity index (χ0) is 12.1. The summed E-state index contributed by atoms with van der Waals surface area (Å²) in [4.78, 5) is 22.6. The van der Waals surface area contributed by atoms with Crippen molar-refractivity contribution in [1.29, 1.82) is 0 Å². The van der Waals surface area contributed by atoms with E-state index in [0.29, 0.717) is 12.8 Å². The van der Waals surface area contributed by atoms with Crippen LogP contribution in [0.15, 0.2) is 0 Å². The van der Waals surface area contributed by atoms with Crippen molar-refractivity contribution in [1.82, 2.24) is 0 Å². The Bertz CT molecular complexity index is 226. The molecule has 1 atom stereocenters. The Morgan fingerprint density at radius 2 is 1.80 bits per heavy atom. The van der Waals surface area contributed by atoms with Crippen LogP contribution in [0.25, 0.3) is 0 Å². The van der Waals surface area contributed by atoms with E-state index in [1.807, 2.05) is 27.7 Å². The molecule has 3 nitrogen and oxygen atoms in total. The third-order valence-electron chi connectivity index (χ3n) is 2.28. The molecule has 0 aliphatic carbocycles. The fraction of sp³-hybridized carbons (Fsp3) is 0.833. The van der Waals surface area contributed by atoms with Gasteiger partial charge in [0.2, 0.25) is 0 Å². The molecule has 0 bridgehead atoms. The summed E-state index contributed by atoms with van der Waals surface area (Å²) >= 11 is 0. The van der Waals surface area contributed by atoms with Gasteiger partial charge in [-0.25, -0.2) is 0 Å². The summed E-state index contributed by atoms with van der Waals surface area (Å²) in [6.07, 6.45) is 2.52. The van der Waals surface area contributed by atoms with Crippen molar-refractivity contribution in [2.24, 2.45) is 11.3 Å². The van der Waals surface area contributed by atoms with Crippen LogP contribution in [0, 0.1) is 11.3 Å². The van der Waals surface area contributed by atoms with E-state index >= 15 is 0 Å². The molecule has 0 heterocycles. The average Bonchev–Trinajstić information content (AvgIpc) is 2.08. The highest BCUT2D eigenvalue weighted by molar-refractivity contribution is 5.98. The molecule has 0 saturated heterocycles. The fourth-order valence-corrected chi connectivity index (χ4v) is 1.48. The molecule has 0 fully saturated rings. The van der Waals surface area contributed by atoms with Gasteiger partial charge in [-0.1, -0.05) is 34.1 Å². The van der Waals surface area contributed by atoms with Gasteiger partial charge >= 0.3 is 5.97 Å². The highest BCUT2D eigenvalue weighted by atomic mass is 16.4. The molecule has 3 heteroatoms. The lowest BCUT2D eigenvalue weighted by atomic mass is 9.82. The molecule has 1 unspecified atom stereocenters. The van der Waals surface area contributed by atoms with Crippen molar-refractivity contribution in [3.63, 3.8) is 0 Å². The number of unbranched alkanes of at least 4 members (excludes halogenated alkanes) is 1. The van der Waals surface area contributed by atoms with E-state index in [4.69, 9.17) is 5.11 Å². The molecule has 1 N–H and O–H groups in total. The number of rotatable bonds is 6. The second-order valence-corrected chi connectivity index (χ2v) is 5.23. The molecule has 0 saturated carbocycles. The Morgan fingerprint density at radius 3 is 2.13 bits per heavy atom. The molecule has 0 aromatic carbocycles. The Morgan fingerprint density at radius 1 is 1.27 bits per heavy atom. The number of carboxylic acid groups (broad SMARTS) is 1. The summed E-state index contributed by atoms with van der Waals surface area (Å²) in [5.74, 6) is -1.93. The number of carbonyl (C=O) groups is 2. The molecule has 0 spiro atoms. The topological polar surface area (TPSA) is 54.4 Å². The Kier molecular flexibility index (Phi) is 5.55. The first-order valence-corrected chi connectivity index (χ1v) is 5.53. The first kappa shape index (κ1) is 14.1. The van der Waals surface area contributed by atoms with Gasteiger partial charge in [-0.3, -0.25) is 9.59 Å². The number of carbonyl (C=O) groups excluding carboxylic acids is 1. The SMILES string of the molecule is CCCCC(=O)C(CC(C)(C)C)C(=O)O. The van der Waals surface area contributed by atoms with Crippen molar-refractivity contribution in [3.8, 4) is 0 Å². The quantitative estimate of drug-likeness (QED) is 0.692. The fourth-order valence-electron chi connectivity index (χ4n) is 1.48. The minimum Gasteiger partial charge on any atom is -0.481 e. The first-order chi connectivity index (χ1) is 6.78. The number of carboxylic acids is 1. The van der Waals surface area contributed by atoms with Gasteiger partial charge in [0.15, 0.2) is 0 Å². The molecular formula is C12H22O3. The van der Waals surface area contributed by atoms with E-state index in [1.165, 1.54) is 0 Å². The highest BCUT2D eigenvalue weighted by Crippen LogP contribution is 2.26. The predicted molar refractivity (Wildman–Crippen MR) is 59.7 cm³/mol. The van der Waals surface area contributed by atoms with Crippen molar-refractivity contribution in [2.75, 3.05) is 0 Å². The van der Waals surface area contributed by atoms with Gasteiger partial charge in [0, 0.05) is 6.42 Å². The lowest BCUT2D eigenvalue weighted by molar-refractivity contribution is -0.147. The van der Waals surface area contributed by atoms with Gasteiger partial charge in [-0.2, -0.15) is 0 Å². The van der Waals surface area contributed by atoms with Gasteiger partial charge in [-0.15, -0.1) is 0 Å². The van der Waals surface area contributed by atoms with E-state index in [-0.39, 0.29) is 11.2 Å². The molecule has 0 radical (unpaired) electrons. The van der Waals surface area contributed by atoms with Crippen molar-refractivity contribution in [2.45, 2.75) is 53.4 Å². The third-order valence-corrected chi connectivity index (χ3v) is 2.28. The van der Waals surface area contributed by atoms with Crippen molar-refractivity contribution >= 4 is 11.8 Å². The zero-order valence-corrected chi connectivity index (χ0v) is 10.2. The summed E-state index contributed by atoms with van der Waals surface area (Å²) < 4.78 is 0. The Hall–Kier alpha value is -0.860. The first-order valence-electron chi connectivity index (χ1n) is 5.53. The minimum absolute atomic E-state index is 0.120. The predicted octanol–water partition coefficient (Wildman–Crippen LogP) is 2.88. The summed E-state index contributed by atoms with van der Waals surface area (Å²) in [6, 6.07) is 0. The zero-order valence-electron chi connectivity index (χ0n) is 10.2. The monoisotopic (exact) mass is 214 g/mol. The van der Waals surface area contributed by atoms with Gasteiger partial charge in [0.1, 0.15) is 11.7 Å². The minimum atomic E-state index is -0.981. The van der Waals surface area contributed by atoms with Crippen LogP contribution >= 0.6 is 0 Å². The van der Waals surface area contributed by atoms with E-state index in [2.05, 4.69) is 0 Å². The maximum Gasteiger partial charge on any atom is 0.314 e. The van der Waals surface area contributed by atoms with Crippen LogP contribution in [-0.4, -0.2) is 16.9 Å². The van der Waals surface area contributed by atoms with Gasteiger partial charge in [0.05, 0.1) is 0 Å². The number of hydrogen-bond donors (Lipinski definition) is 1. The summed E-state index contributed by atoms with van der Waals surface area (Å²) in [5.41, 5.74) is -0.120. The van der Waals surface area contributed by atoms with Crippen molar-refractivity contribution in [3.05, 3.63) is 0 Å². The second-order valence-electron chi connectivity index (χ2n) is 5.23. The summed E-state index contributed by atoms with van der Waals surface area (Å²) in [6.45, 7) is 7.86. The van der Waals surface area contributed by atoms with E-state index < -0.39 is 11.9 Å². The molecule has 0 aliphatic rings. The average molecular weight is 214 g/mol. The summed E-state index contributed by atoms with van der Waals surface area (Å²) in [5, 5.41) is 8.99. The molecule has 15 heavy (non-hydrogen) atoms. The molecule has 0 aromatic rings. The smallest absolute Gasteiger partial charge is 0.314 e. The van der Waals surface area contributed by atoms with Crippen LogP contribution in [0.4, 0.5) is 0 Å². The molecule has 0 rings (SSSR count). The molecule has 0 aromatic heterocycles. The van der Waals surface area contributed by atoms with E-state index in [0.717, 1.165) is 12.8 Å². The molecule has 88 valence electrons. The standard InChI is InChI=1S/C12H22O3/c1-5-6-7-10(13)9(11(14)15)8-12(2,3)4/h9H,5-8H2,1-4H3,(H,14,15). The maximum absolute atomic E-state index is 11.6. The van der Waals surface area contributed by atoms with Crippen LogP contribution in [-0.2, 0) is 9.59 Å². The Balaban J connectivity index is 4.40. The van der Waals surface area contributed by atoms with Crippen LogP contribution in [0.5, 0.6) is 0 Å². The largest absolute Gasteiger partial charge is 0.481 e. The molecule has 0 aliphatic heterocycles. The second kappa shape index (κ2) is 5.89. The number of Topliss-reactive ketones (excluding diaryl/α,β-unsaturated/α-hetero) is 1. The van der Waals surface area contributed by atoms with Crippen LogP contribution in [0.3, 0.4) is 0 Å². The third kappa shape index (κ3) is 6.26. The lowest BCUT2D eigenvalue weighted by Crippen LogP contribution is -2.28. The van der Waals surface area contributed by atoms with Crippen LogP contribution in [0.1, 0.15) is 53.4 Å². The number of hydrogen-bond acceptors (Lipinski definition) is 2. The normalized spacial score (nSPS) is 13.6. The lowest BCUT2D eigenvalue weighted by Gasteiger charge is -2.22. The molecular weight excluding hydrogens is 192 g/mol. The van der Waals surface area contributed by atoms with Gasteiger partial charge in [-0.05, 0) is 18.3 Å². The van der Waals surface area contributed by atoms with Crippen molar-refractivity contribution < 1.29 is 14.7 Å². The Labute approximate surface area is 91.9 Å². The van der Waals surface area contributed by atoms with Gasteiger partial charge < -0.3 is 5.11 Å². The van der Waals surface area contributed by atoms with Gasteiger partial charge in [0.25, 0.3) is 0 Å².